The molecule has 0 N–H and O–H groups in total. The zero-order chi connectivity index (χ0) is 14.3. The predicted octanol–water partition coefficient (Wildman–Crippen LogP) is -2.11. The van der Waals surface area contributed by atoms with E-state index in [-0.39, 0.29) is 10.5 Å². The van der Waals surface area contributed by atoms with E-state index in [1.54, 1.807) is 33.4 Å². The Hall–Kier alpha value is -1.48. The first kappa shape index (κ1) is 13.5. The number of fused-ring (bicyclic) bond motifs is 1. The van der Waals surface area contributed by atoms with Crippen molar-refractivity contribution in [3.8, 4) is 0 Å². The van der Waals surface area contributed by atoms with Crippen LogP contribution in [0.1, 0.15) is 15.9 Å². The molecule has 0 bridgehead atoms. The minimum atomic E-state index is -3.69. The van der Waals surface area contributed by atoms with Gasteiger partial charge in [-0.1, -0.05) is 0 Å². The van der Waals surface area contributed by atoms with Crippen LogP contribution in [-0.2, 0) is 10.0 Å². The van der Waals surface area contributed by atoms with Crippen molar-refractivity contribution in [2.45, 2.75) is 11.8 Å². The zero-order valence-corrected chi connectivity index (χ0v) is 13.5. The Balaban J connectivity index is 2.00. The van der Waals surface area contributed by atoms with Crippen molar-refractivity contribution in [1.82, 2.24) is 2.52 Å². The maximum absolute atomic E-state index is 12.4. The van der Waals surface area contributed by atoms with E-state index in [2.05, 4.69) is 0 Å². The van der Waals surface area contributed by atoms with Gasteiger partial charge in [0, 0.05) is 0 Å². The van der Waals surface area contributed by atoms with Crippen molar-refractivity contribution in [1.29, 1.82) is 0 Å². The van der Waals surface area contributed by atoms with Gasteiger partial charge in [-0.2, -0.15) is 0 Å². The van der Waals surface area contributed by atoms with Gasteiger partial charge >= 0.3 is 128 Å². The fraction of sp³-hybridized carbons (Fsp3) is 0.0769. The molecule has 0 atom stereocenters. The topological polar surface area (TPSA) is 58.3 Å². The van der Waals surface area contributed by atoms with E-state index >= 15 is 0 Å². The van der Waals surface area contributed by atoms with Crippen LogP contribution in [0.2, 0.25) is 0 Å². The Bertz CT molecular complexity index is 788. The van der Waals surface area contributed by atoms with Gasteiger partial charge in [0.1, 0.15) is 0 Å². The third-order valence-corrected chi connectivity index (χ3v) is 8.32. The molecule has 0 aliphatic carbocycles. The van der Waals surface area contributed by atoms with E-state index in [4.69, 9.17) is 0 Å². The van der Waals surface area contributed by atoms with E-state index < -0.39 is 37.7 Å². The molecule has 1 aromatic heterocycles. The third kappa shape index (κ3) is 2.10. The molecule has 1 aliphatic rings. The molecule has 104 valence electrons. The summed E-state index contributed by atoms with van der Waals surface area (Å²) in [5.41, 5.74) is 1.35. The molecule has 1 amide bonds. The van der Waals surface area contributed by atoms with Crippen LogP contribution in [0.15, 0.2) is 53.7 Å². The van der Waals surface area contributed by atoms with Crippen molar-refractivity contribution < 1.29 is 37.7 Å². The number of pyridine rings is 1. The Morgan fingerprint density at radius 3 is 2.40 bits per heavy atom. The number of hydrogen-bond acceptors (Lipinski definition) is 3. The molecule has 3 rings (SSSR count). The van der Waals surface area contributed by atoms with Crippen LogP contribution in [0.5, 0.6) is 0 Å². The third-order valence-electron chi connectivity index (χ3n) is 2.88. The standard InChI is InChI=1S/C13H11IN2O3S/c1-10-6-8-15(9-7-10)14-16-13(17)11-4-2-3-5-12(11)20(16,18)19/h2-9H,1H3. The van der Waals surface area contributed by atoms with Crippen molar-refractivity contribution in [2.24, 2.45) is 0 Å². The summed E-state index contributed by atoms with van der Waals surface area (Å²) in [7, 11) is -3.69. The van der Waals surface area contributed by atoms with E-state index in [9.17, 15) is 13.2 Å². The van der Waals surface area contributed by atoms with Gasteiger partial charge in [0.25, 0.3) is 0 Å². The number of amides is 1. The first-order valence-electron chi connectivity index (χ1n) is 5.82. The number of benzene rings is 1. The zero-order valence-electron chi connectivity index (χ0n) is 10.5. The Morgan fingerprint density at radius 1 is 1.10 bits per heavy atom. The van der Waals surface area contributed by atoms with Gasteiger partial charge in [-0.25, -0.2) is 0 Å². The van der Waals surface area contributed by atoms with Gasteiger partial charge in [0.2, 0.25) is 0 Å². The average Bonchev–Trinajstić information content (AvgIpc) is 2.63. The number of carbonyl (C=O) groups is 1. The summed E-state index contributed by atoms with van der Waals surface area (Å²) < 4.78 is 27.5. The Kier molecular flexibility index (Phi) is 3.25. The normalized spacial score (nSPS) is 16.4. The van der Waals surface area contributed by atoms with Gasteiger partial charge < -0.3 is 0 Å². The number of aryl methyl sites for hydroxylation is 1. The van der Waals surface area contributed by atoms with Gasteiger partial charge in [-0.05, 0) is 0 Å². The second kappa shape index (κ2) is 4.81. The predicted molar refractivity (Wildman–Crippen MR) is 66.6 cm³/mol. The van der Waals surface area contributed by atoms with E-state index in [1.165, 1.54) is 6.07 Å². The molecule has 0 spiro atoms. The van der Waals surface area contributed by atoms with Crippen LogP contribution in [-0.4, -0.2) is 16.8 Å². The number of aromatic nitrogens is 1. The fourth-order valence-corrected chi connectivity index (χ4v) is 6.43. The Labute approximate surface area is 127 Å². The van der Waals surface area contributed by atoms with Gasteiger partial charge in [0.15, 0.2) is 0 Å². The SMILES string of the molecule is Cc1cc[n+]([I-]N2C(=O)c3ccccc3S2(=O)=O)cc1. The summed E-state index contributed by atoms with van der Waals surface area (Å²) in [6, 6.07) is 10.1. The molecule has 0 saturated carbocycles. The Morgan fingerprint density at radius 2 is 1.75 bits per heavy atom. The molecule has 2 heterocycles. The molecular weight excluding hydrogens is 391 g/mol. The van der Waals surface area contributed by atoms with E-state index in [0.717, 1.165) is 8.08 Å². The number of rotatable bonds is 2. The second-order valence-electron chi connectivity index (χ2n) is 4.32. The molecule has 0 unspecified atom stereocenters. The number of sulfonamides is 1. The summed E-state index contributed by atoms with van der Waals surface area (Å²) >= 11 is -1.16. The van der Waals surface area contributed by atoms with Crippen LogP contribution >= 0.6 is 0 Å². The second-order valence-corrected chi connectivity index (χ2v) is 9.24. The van der Waals surface area contributed by atoms with Gasteiger partial charge in [-0.15, -0.1) is 0 Å². The average molecular weight is 402 g/mol. The van der Waals surface area contributed by atoms with Gasteiger partial charge in [0.05, 0.1) is 0 Å². The molecule has 0 fully saturated rings. The summed E-state index contributed by atoms with van der Waals surface area (Å²) in [6.07, 6.45) is 3.60. The molecule has 0 saturated heterocycles. The first-order valence-corrected chi connectivity index (χ1v) is 9.19. The molecule has 5 nitrogen and oxygen atoms in total. The molecular formula is C13H11IN2O3S. The molecule has 1 aliphatic heterocycles. The summed E-state index contributed by atoms with van der Waals surface area (Å²) in [5.74, 6) is -0.429. The van der Waals surface area contributed by atoms with Crippen molar-refractivity contribution in [3.05, 3.63) is 59.9 Å². The van der Waals surface area contributed by atoms with Crippen LogP contribution in [0.3, 0.4) is 0 Å². The minimum absolute atomic E-state index is 0.109. The van der Waals surface area contributed by atoms with Crippen molar-refractivity contribution >= 4 is 15.9 Å². The van der Waals surface area contributed by atoms with Crippen molar-refractivity contribution in [3.63, 3.8) is 0 Å². The molecule has 0 radical (unpaired) electrons. The number of hydrogen-bond donors (Lipinski definition) is 0. The molecule has 1 aromatic carbocycles. The van der Waals surface area contributed by atoms with Crippen LogP contribution < -0.4 is 24.5 Å². The monoisotopic (exact) mass is 402 g/mol. The van der Waals surface area contributed by atoms with E-state index in [1.807, 2.05) is 19.1 Å². The summed E-state index contributed by atoms with van der Waals surface area (Å²) in [5, 5.41) is 0. The summed E-state index contributed by atoms with van der Waals surface area (Å²) in [4.78, 5) is 12.4. The van der Waals surface area contributed by atoms with Crippen LogP contribution in [0.25, 0.3) is 0 Å². The maximum atomic E-state index is 12.4. The number of nitrogens with zero attached hydrogens (tertiary/aromatic N) is 2. The summed E-state index contributed by atoms with van der Waals surface area (Å²) in [6.45, 7) is 1.95. The number of halogens is 1. The molecule has 2 aromatic rings. The van der Waals surface area contributed by atoms with Crippen LogP contribution in [0, 0.1) is 6.92 Å². The quantitative estimate of drug-likeness (QED) is 0.427. The fourth-order valence-electron chi connectivity index (χ4n) is 1.85. The molecule has 20 heavy (non-hydrogen) atoms. The first-order chi connectivity index (χ1) is 9.50. The van der Waals surface area contributed by atoms with Gasteiger partial charge in [-0.3, -0.25) is 0 Å². The van der Waals surface area contributed by atoms with Crippen molar-refractivity contribution in [2.75, 3.05) is 0 Å². The van der Waals surface area contributed by atoms with E-state index in [0.29, 0.717) is 0 Å². The van der Waals surface area contributed by atoms with Crippen LogP contribution in [0.4, 0.5) is 0 Å². The number of carbonyl (C=O) groups excluding carboxylic acids is 1. The molecule has 7 heteroatoms.